The maximum absolute atomic E-state index is 12.1. The molecule has 2 aromatic rings. The second kappa shape index (κ2) is 8.83. The molecule has 128 valence electrons. The monoisotopic (exact) mass is 329 g/mol. The Morgan fingerprint density at radius 2 is 1.96 bits per heavy atom. The van der Waals surface area contributed by atoms with Crippen molar-refractivity contribution in [1.82, 2.24) is 20.2 Å². The second-order valence-corrected chi connectivity index (χ2v) is 5.53. The molecule has 0 saturated heterocycles. The van der Waals surface area contributed by atoms with Gasteiger partial charge in [0.25, 0.3) is 5.91 Å². The summed E-state index contributed by atoms with van der Waals surface area (Å²) < 4.78 is 5.12. The Hall–Kier alpha value is -2.67. The van der Waals surface area contributed by atoms with E-state index < -0.39 is 0 Å². The van der Waals surface area contributed by atoms with Gasteiger partial charge in [0.2, 0.25) is 5.95 Å². The smallest absolute Gasteiger partial charge is 0.270 e. The van der Waals surface area contributed by atoms with E-state index in [0.717, 1.165) is 24.4 Å². The number of carbonyl (C=O) groups excluding carboxylic acids is 1. The van der Waals surface area contributed by atoms with Crippen LogP contribution >= 0.6 is 0 Å². The minimum absolute atomic E-state index is 0.200. The number of anilines is 2. The zero-order valence-corrected chi connectivity index (χ0v) is 14.2. The average Bonchev–Trinajstić information content (AvgIpc) is 2.59. The molecule has 0 radical (unpaired) electrons. The molecule has 0 bridgehead atoms. The number of aromatic nitrogens is 2. The molecule has 1 aromatic carbocycles. The lowest BCUT2D eigenvalue weighted by Crippen LogP contribution is -2.28. The lowest BCUT2D eigenvalue weighted by Gasteiger charge is -2.10. The van der Waals surface area contributed by atoms with E-state index in [1.807, 2.05) is 38.4 Å². The molecule has 0 aliphatic heterocycles. The molecule has 1 heterocycles. The third kappa shape index (κ3) is 5.51. The van der Waals surface area contributed by atoms with Gasteiger partial charge in [-0.3, -0.25) is 4.79 Å². The highest BCUT2D eigenvalue weighted by molar-refractivity contribution is 5.92. The number of amides is 1. The van der Waals surface area contributed by atoms with Crippen LogP contribution in [0, 0.1) is 0 Å². The number of methoxy groups -OCH3 is 1. The molecule has 7 heteroatoms. The number of carbonyl (C=O) groups is 1. The molecule has 7 nitrogen and oxygen atoms in total. The van der Waals surface area contributed by atoms with Crippen molar-refractivity contribution in [3.63, 3.8) is 0 Å². The lowest BCUT2D eigenvalue weighted by atomic mass is 10.3. The first-order valence-corrected chi connectivity index (χ1v) is 7.75. The van der Waals surface area contributed by atoms with Crippen molar-refractivity contribution in [2.24, 2.45) is 0 Å². The maximum Gasteiger partial charge on any atom is 0.270 e. The Morgan fingerprint density at radius 3 is 2.62 bits per heavy atom. The largest absolute Gasteiger partial charge is 0.497 e. The van der Waals surface area contributed by atoms with E-state index in [9.17, 15) is 4.79 Å². The molecule has 1 amide bonds. The normalized spacial score (nSPS) is 10.5. The Kier molecular flexibility index (Phi) is 6.51. The van der Waals surface area contributed by atoms with Crippen LogP contribution in [-0.4, -0.2) is 55.1 Å². The van der Waals surface area contributed by atoms with Crippen LogP contribution in [0.3, 0.4) is 0 Å². The van der Waals surface area contributed by atoms with Gasteiger partial charge in [-0.15, -0.1) is 0 Å². The number of ether oxygens (including phenoxy) is 1. The minimum Gasteiger partial charge on any atom is -0.497 e. The predicted molar refractivity (Wildman–Crippen MR) is 93.8 cm³/mol. The minimum atomic E-state index is -0.200. The Bertz CT molecular complexity index is 658. The zero-order chi connectivity index (χ0) is 17.4. The summed E-state index contributed by atoms with van der Waals surface area (Å²) in [6.45, 7) is 1.54. The summed E-state index contributed by atoms with van der Waals surface area (Å²) in [5, 5.41) is 5.93. The van der Waals surface area contributed by atoms with Gasteiger partial charge in [0.05, 0.1) is 7.11 Å². The number of benzene rings is 1. The summed E-state index contributed by atoms with van der Waals surface area (Å²) in [4.78, 5) is 22.6. The van der Waals surface area contributed by atoms with Gasteiger partial charge in [-0.25, -0.2) is 9.97 Å². The summed E-state index contributed by atoms with van der Waals surface area (Å²) in [6.07, 6.45) is 2.45. The molecule has 24 heavy (non-hydrogen) atoms. The van der Waals surface area contributed by atoms with Gasteiger partial charge in [-0.2, -0.15) is 0 Å². The molecular formula is C17H23N5O2. The number of rotatable bonds is 8. The lowest BCUT2D eigenvalue weighted by molar-refractivity contribution is 0.0947. The summed E-state index contributed by atoms with van der Waals surface area (Å²) in [5.41, 5.74) is 1.16. The molecule has 0 atom stereocenters. The molecule has 0 unspecified atom stereocenters. The third-order valence-corrected chi connectivity index (χ3v) is 3.30. The summed E-state index contributed by atoms with van der Waals surface area (Å²) in [7, 11) is 5.62. The fourth-order valence-corrected chi connectivity index (χ4v) is 2.04. The molecule has 0 spiro atoms. The number of nitrogens with one attached hydrogen (secondary N) is 2. The maximum atomic E-state index is 12.1. The van der Waals surface area contributed by atoms with Gasteiger partial charge in [0.1, 0.15) is 11.4 Å². The van der Waals surface area contributed by atoms with Gasteiger partial charge >= 0.3 is 0 Å². The molecule has 1 aromatic heterocycles. The van der Waals surface area contributed by atoms with E-state index >= 15 is 0 Å². The summed E-state index contributed by atoms with van der Waals surface area (Å²) >= 11 is 0. The molecule has 0 fully saturated rings. The fourth-order valence-electron chi connectivity index (χ4n) is 2.04. The van der Waals surface area contributed by atoms with Crippen molar-refractivity contribution in [3.05, 3.63) is 42.2 Å². The first-order chi connectivity index (χ1) is 11.6. The fraction of sp³-hybridized carbons (Fsp3) is 0.353. The van der Waals surface area contributed by atoms with Crippen molar-refractivity contribution in [3.8, 4) is 5.75 Å². The zero-order valence-electron chi connectivity index (χ0n) is 14.2. The first kappa shape index (κ1) is 17.7. The van der Waals surface area contributed by atoms with Crippen LogP contribution in [0.1, 0.15) is 16.9 Å². The van der Waals surface area contributed by atoms with Gasteiger partial charge in [0, 0.05) is 18.4 Å². The standard InChI is InChI=1S/C17H23N5O2/c1-22(2)12-4-10-18-16(23)15-9-11-19-17(21-15)20-13-5-7-14(24-3)8-6-13/h5-9,11H,4,10,12H2,1-3H3,(H,18,23)(H,19,20,21). The van der Waals surface area contributed by atoms with Crippen molar-refractivity contribution >= 4 is 17.5 Å². The Balaban J connectivity index is 1.93. The van der Waals surface area contributed by atoms with E-state index in [2.05, 4.69) is 25.5 Å². The van der Waals surface area contributed by atoms with Crippen LogP contribution in [0.4, 0.5) is 11.6 Å². The first-order valence-electron chi connectivity index (χ1n) is 7.75. The third-order valence-electron chi connectivity index (χ3n) is 3.30. The molecule has 0 aliphatic rings. The van der Waals surface area contributed by atoms with Crippen molar-refractivity contribution in [2.45, 2.75) is 6.42 Å². The van der Waals surface area contributed by atoms with E-state index in [-0.39, 0.29) is 5.91 Å². The number of hydrogen-bond acceptors (Lipinski definition) is 6. The van der Waals surface area contributed by atoms with Gasteiger partial charge in [-0.1, -0.05) is 0 Å². The highest BCUT2D eigenvalue weighted by atomic mass is 16.5. The SMILES string of the molecule is COc1ccc(Nc2nccc(C(=O)NCCCN(C)C)n2)cc1. The quantitative estimate of drug-likeness (QED) is 0.720. The van der Waals surface area contributed by atoms with Gasteiger partial charge in [-0.05, 0) is 57.4 Å². The Morgan fingerprint density at radius 1 is 1.21 bits per heavy atom. The van der Waals surface area contributed by atoms with Gasteiger partial charge in [0.15, 0.2) is 0 Å². The van der Waals surface area contributed by atoms with Crippen molar-refractivity contribution in [2.75, 3.05) is 39.6 Å². The van der Waals surface area contributed by atoms with E-state index in [4.69, 9.17) is 4.74 Å². The molecule has 2 N–H and O–H groups in total. The van der Waals surface area contributed by atoms with Crippen LogP contribution in [0.5, 0.6) is 5.75 Å². The van der Waals surface area contributed by atoms with E-state index in [1.165, 1.54) is 0 Å². The summed E-state index contributed by atoms with van der Waals surface area (Å²) in [5.74, 6) is 0.947. The number of hydrogen-bond donors (Lipinski definition) is 2. The van der Waals surface area contributed by atoms with Crippen LogP contribution in [-0.2, 0) is 0 Å². The van der Waals surface area contributed by atoms with E-state index in [1.54, 1.807) is 19.4 Å². The highest BCUT2D eigenvalue weighted by Gasteiger charge is 2.08. The van der Waals surface area contributed by atoms with Crippen LogP contribution in [0.25, 0.3) is 0 Å². The van der Waals surface area contributed by atoms with Gasteiger partial charge < -0.3 is 20.3 Å². The van der Waals surface area contributed by atoms with E-state index in [0.29, 0.717) is 18.2 Å². The van der Waals surface area contributed by atoms with Crippen molar-refractivity contribution in [1.29, 1.82) is 0 Å². The van der Waals surface area contributed by atoms with Crippen LogP contribution < -0.4 is 15.4 Å². The molecule has 0 saturated carbocycles. The average molecular weight is 329 g/mol. The Labute approximate surface area is 142 Å². The molecule has 0 aliphatic carbocycles. The molecule has 2 rings (SSSR count). The number of nitrogens with zero attached hydrogens (tertiary/aromatic N) is 3. The second-order valence-electron chi connectivity index (χ2n) is 5.53. The van der Waals surface area contributed by atoms with Crippen LogP contribution in [0.15, 0.2) is 36.5 Å². The van der Waals surface area contributed by atoms with Crippen LogP contribution in [0.2, 0.25) is 0 Å². The highest BCUT2D eigenvalue weighted by Crippen LogP contribution is 2.17. The molecular weight excluding hydrogens is 306 g/mol. The summed E-state index contributed by atoms with van der Waals surface area (Å²) in [6, 6.07) is 8.99. The topological polar surface area (TPSA) is 79.4 Å². The van der Waals surface area contributed by atoms with Crippen molar-refractivity contribution < 1.29 is 9.53 Å². The predicted octanol–water partition coefficient (Wildman–Crippen LogP) is 1.91.